The lowest BCUT2D eigenvalue weighted by Crippen LogP contribution is -2.19. The lowest BCUT2D eigenvalue weighted by molar-refractivity contribution is 0.377. The highest BCUT2D eigenvalue weighted by atomic mass is 31.0. The molecule has 0 aromatic rings. The summed E-state index contributed by atoms with van der Waals surface area (Å²) < 4.78 is 0. The monoisotopic (exact) mass is 288 g/mol. The summed E-state index contributed by atoms with van der Waals surface area (Å²) in [5.74, 6) is 2.04. The maximum absolute atomic E-state index is 2.63. The van der Waals surface area contributed by atoms with Crippen LogP contribution in [-0.4, -0.2) is 0 Å². The Labute approximate surface area is 127 Å². The van der Waals surface area contributed by atoms with Crippen molar-refractivity contribution < 1.29 is 0 Å². The molecule has 1 atom stereocenters. The Bertz CT molecular complexity index is 482. The van der Waals surface area contributed by atoms with Crippen LogP contribution in [0.2, 0.25) is 0 Å². The fourth-order valence-electron chi connectivity index (χ4n) is 2.69. The largest absolute Gasteiger partial charge is 0.113 e. The molecule has 1 aliphatic rings. The highest BCUT2D eigenvalue weighted by Crippen LogP contribution is 2.40. The lowest BCUT2D eigenvalue weighted by Gasteiger charge is -2.32. The van der Waals surface area contributed by atoms with Crippen molar-refractivity contribution in [3.8, 4) is 0 Å². The Hall–Kier alpha value is -0.870. The van der Waals surface area contributed by atoms with Crippen LogP contribution in [0.3, 0.4) is 0 Å². The number of rotatable bonds is 4. The van der Waals surface area contributed by atoms with Gasteiger partial charge < -0.3 is 0 Å². The molecule has 1 heteroatoms. The second kappa shape index (κ2) is 7.79. The van der Waals surface area contributed by atoms with Crippen molar-refractivity contribution in [3.05, 3.63) is 58.5 Å². The zero-order chi connectivity index (χ0) is 15.2. The Morgan fingerprint density at radius 2 is 1.85 bits per heavy atom. The summed E-state index contributed by atoms with van der Waals surface area (Å²) in [4.78, 5) is 0. The Balaban J connectivity index is 2.81. The van der Waals surface area contributed by atoms with Crippen molar-refractivity contribution in [1.29, 1.82) is 0 Å². The molecule has 0 aromatic carbocycles. The summed E-state index contributed by atoms with van der Waals surface area (Å²) in [6, 6.07) is 0. The van der Waals surface area contributed by atoms with Crippen LogP contribution in [-0.2, 0) is 0 Å². The second-order valence-electron chi connectivity index (χ2n) is 6.45. The van der Waals surface area contributed by atoms with Gasteiger partial charge in [-0.3, -0.25) is 0 Å². The predicted molar refractivity (Wildman–Crippen MR) is 95.8 cm³/mol. The molecule has 0 aliphatic heterocycles. The average Bonchev–Trinajstić information content (AvgIpc) is 2.37. The van der Waals surface area contributed by atoms with Gasteiger partial charge in [0.15, 0.2) is 0 Å². The molecule has 0 aromatic heterocycles. The topological polar surface area (TPSA) is 0 Å². The molecule has 0 saturated heterocycles. The van der Waals surface area contributed by atoms with Crippen molar-refractivity contribution in [2.75, 3.05) is 0 Å². The molecule has 0 radical (unpaired) electrons. The maximum Gasteiger partial charge on any atom is -0.0104 e. The van der Waals surface area contributed by atoms with Gasteiger partial charge in [0, 0.05) is 0 Å². The van der Waals surface area contributed by atoms with Gasteiger partial charge in [0.2, 0.25) is 0 Å². The first kappa shape index (κ1) is 17.2. The Kier molecular flexibility index (Phi) is 6.69. The summed E-state index contributed by atoms with van der Waals surface area (Å²) in [7, 11) is 2.63. The molecular formula is C19H29P. The van der Waals surface area contributed by atoms with E-state index in [1.54, 1.807) is 5.57 Å². The van der Waals surface area contributed by atoms with Crippen molar-refractivity contribution in [2.24, 2.45) is 5.41 Å². The van der Waals surface area contributed by atoms with Crippen LogP contribution in [0.1, 0.15) is 53.9 Å². The van der Waals surface area contributed by atoms with E-state index < -0.39 is 0 Å². The molecule has 0 nitrogen and oxygen atoms in total. The molecule has 0 spiro atoms. The van der Waals surface area contributed by atoms with Gasteiger partial charge in [0.05, 0.1) is 0 Å². The molecule has 0 bridgehead atoms. The summed E-state index contributed by atoms with van der Waals surface area (Å²) in [6.07, 6.45) is 14.9. The van der Waals surface area contributed by atoms with Crippen molar-refractivity contribution in [1.82, 2.24) is 0 Å². The first-order chi connectivity index (χ1) is 9.36. The van der Waals surface area contributed by atoms with Gasteiger partial charge in [-0.15, -0.1) is 9.24 Å². The average molecular weight is 288 g/mol. The zero-order valence-electron chi connectivity index (χ0n) is 13.7. The van der Waals surface area contributed by atoms with E-state index in [-0.39, 0.29) is 0 Å². The van der Waals surface area contributed by atoms with Crippen LogP contribution in [0.25, 0.3) is 0 Å². The quantitative estimate of drug-likeness (QED) is 0.417. The molecular weight excluding hydrogens is 259 g/mol. The molecule has 0 N–H and O–H groups in total. The second-order valence-corrected chi connectivity index (χ2v) is 6.78. The third kappa shape index (κ3) is 5.25. The smallest absolute Gasteiger partial charge is 0.0104 e. The first-order valence-corrected chi connectivity index (χ1v) is 8.15. The fourth-order valence-corrected chi connectivity index (χ4v) is 2.80. The summed E-state index contributed by atoms with van der Waals surface area (Å²) in [6.45, 7) is 11.3. The summed E-state index contributed by atoms with van der Waals surface area (Å²) >= 11 is 0. The van der Waals surface area contributed by atoms with Gasteiger partial charge in [-0.25, -0.2) is 0 Å². The lowest BCUT2D eigenvalue weighted by atomic mass is 9.72. The van der Waals surface area contributed by atoms with Crippen LogP contribution in [0.15, 0.2) is 58.5 Å². The van der Waals surface area contributed by atoms with E-state index in [0.29, 0.717) is 5.41 Å². The van der Waals surface area contributed by atoms with Crippen molar-refractivity contribution in [3.63, 3.8) is 0 Å². The minimum Gasteiger partial charge on any atom is -0.113 e. The van der Waals surface area contributed by atoms with Crippen LogP contribution in [0, 0.1) is 5.41 Å². The van der Waals surface area contributed by atoms with Gasteiger partial charge in [0.1, 0.15) is 0 Å². The normalized spacial score (nSPS) is 21.3. The Morgan fingerprint density at radius 1 is 1.15 bits per heavy atom. The van der Waals surface area contributed by atoms with Crippen LogP contribution in [0.5, 0.6) is 0 Å². The van der Waals surface area contributed by atoms with Gasteiger partial charge in [-0.2, -0.15) is 0 Å². The summed E-state index contributed by atoms with van der Waals surface area (Å²) in [5.41, 5.74) is 5.96. The van der Waals surface area contributed by atoms with Gasteiger partial charge in [-0.05, 0) is 51.0 Å². The predicted octanol–water partition coefficient (Wildman–Crippen LogP) is 6.35. The fraction of sp³-hybridized carbons (Fsp3) is 0.474. The number of hydrogen-bond acceptors (Lipinski definition) is 0. The van der Waals surface area contributed by atoms with E-state index in [0.717, 1.165) is 0 Å². The third-order valence-corrected chi connectivity index (χ3v) is 4.56. The van der Waals surface area contributed by atoms with Crippen LogP contribution in [0.4, 0.5) is 0 Å². The molecule has 1 rings (SSSR count). The van der Waals surface area contributed by atoms with E-state index in [1.807, 2.05) is 5.82 Å². The Morgan fingerprint density at radius 3 is 2.45 bits per heavy atom. The highest BCUT2D eigenvalue weighted by Gasteiger charge is 2.26. The van der Waals surface area contributed by atoms with E-state index in [4.69, 9.17) is 0 Å². The van der Waals surface area contributed by atoms with Gasteiger partial charge in [0.25, 0.3) is 0 Å². The first-order valence-electron chi connectivity index (χ1n) is 7.48. The molecule has 0 saturated carbocycles. The molecule has 1 unspecified atom stereocenters. The SMILES string of the molecule is CC1=C(/C=C/C(C)=C/C=C/C(C)=C/P)C(C)(C)CCC1. The third-order valence-electron chi connectivity index (χ3n) is 4.04. The van der Waals surface area contributed by atoms with Gasteiger partial charge >= 0.3 is 0 Å². The van der Waals surface area contributed by atoms with E-state index >= 15 is 0 Å². The van der Waals surface area contributed by atoms with E-state index in [9.17, 15) is 0 Å². The molecule has 20 heavy (non-hydrogen) atoms. The highest BCUT2D eigenvalue weighted by molar-refractivity contribution is 7.20. The van der Waals surface area contributed by atoms with Crippen LogP contribution < -0.4 is 0 Å². The van der Waals surface area contributed by atoms with Gasteiger partial charge in [-0.1, -0.05) is 66.8 Å². The zero-order valence-corrected chi connectivity index (χ0v) is 14.8. The number of allylic oxidation sites excluding steroid dienone is 9. The maximum atomic E-state index is 2.63. The minimum atomic E-state index is 0.327. The molecule has 0 amide bonds. The number of hydrogen-bond donors (Lipinski definition) is 0. The van der Waals surface area contributed by atoms with Crippen LogP contribution >= 0.6 is 9.24 Å². The van der Waals surface area contributed by atoms with E-state index in [2.05, 4.69) is 74.2 Å². The molecule has 110 valence electrons. The summed E-state index contributed by atoms with van der Waals surface area (Å²) in [5, 5.41) is 0. The molecule has 0 fully saturated rings. The van der Waals surface area contributed by atoms with E-state index in [1.165, 1.54) is 36.0 Å². The minimum absolute atomic E-state index is 0.327. The van der Waals surface area contributed by atoms with Crippen molar-refractivity contribution in [2.45, 2.75) is 53.9 Å². The standard InChI is InChI=1S/C19H29P/c1-15(8-6-9-16(2)14-20)11-12-18-17(3)10-7-13-19(18,4)5/h6,8-9,11-12,14H,7,10,13,20H2,1-5H3/b9-6+,12-11+,15-8+,16-14+. The molecule has 0 heterocycles. The molecule has 1 aliphatic carbocycles. The van der Waals surface area contributed by atoms with Crippen molar-refractivity contribution >= 4 is 9.24 Å².